The molecule has 2 N–H and O–H groups in total. The summed E-state index contributed by atoms with van der Waals surface area (Å²) >= 11 is 0. The Morgan fingerprint density at radius 3 is 2.21 bits per heavy atom. The number of rotatable bonds is 3. The highest BCUT2D eigenvalue weighted by Crippen LogP contribution is 2.38. The first-order valence-electron chi connectivity index (χ1n) is 4.52. The molecule has 0 aliphatic heterocycles. The Bertz CT molecular complexity index is 588. The van der Waals surface area contributed by atoms with Crippen molar-refractivity contribution in [1.82, 2.24) is 4.98 Å². The Balaban J connectivity index is 3.77. The summed E-state index contributed by atoms with van der Waals surface area (Å²) in [5.74, 6) is 0. The van der Waals surface area contributed by atoms with Gasteiger partial charge in [0.25, 0.3) is 15.5 Å². The van der Waals surface area contributed by atoms with Gasteiger partial charge < -0.3 is 5.73 Å². The van der Waals surface area contributed by atoms with E-state index in [-0.39, 0.29) is 6.20 Å². The first kappa shape index (κ1) is 16.1. The fraction of sp³-hybridized carbons (Fsp3) is 0.375. The molecule has 0 saturated carbocycles. The molecule has 0 atom stereocenters. The Labute approximate surface area is 108 Å². The molecule has 0 radical (unpaired) electrons. The van der Waals surface area contributed by atoms with E-state index in [0.29, 0.717) is 0 Å². The second kappa shape index (κ2) is 5.17. The molecular weight excluding hydrogens is 319 g/mol. The van der Waals surface area contributed by atoms with Crippen LogP contribution in [0, 0.1) is 0 Å². The van der Waals surface area contributed by atoms with Crippen molar-refractivity contribution in [3.63, 3.8) is 0 Å². The van der Waals surface area contributed by atoms with Crippen LogP contribution in [-0.4, -0.2) is 13.4 Å². The maximum Gasteiger partial charge on any atom is 0.433 e. The van der Waals surface area contributed by atoms with Crippen molar-refractivity contribution in [2.24, 2.45) is 5.73 Å². The van der Waals surface area contributed by atoms with Crippen molar-refractivity contribution in [1.29, 1.82) is 0 Å². The van der Waals surface area contributed by atoms with Crippen LogP contribution in [-0.2, 0) is 21.8 Å². The van der Waals surface area contributed by atoms with Gasteiger partial charge in [-0.25, -0.2) is 22.2 Å². The first-order valence-corrected chi connectivity index (χ1v) is 6.83. The van der Waals surface area contributed by atoms with Crippen LogP contribution in [0.1, 0.15) is 23.2 Å². The molecule has 0 aliphatic rings. The average Bonchev–Trinajstić information content (AvgIpc) is 2.24. The van der Waals surface area contributed by atoms with Crippen LogP contribution in [0.5, 0.6) is 0 Å². The van der Waals surface area contributed by atoms with E-state index in [0.717, 1.165) is 0 Å². The fourth-order valence-corrected chi connectivity index (χ4v) is 2.49. The van der Waals surface area contributed by atoms with E-state index < -0.39 is 49.9 Å². The molecule has 0 aliphatic carbocycles. The summed E-state index contributed by atoms with van der Waals surface area (Å²) < 4.78 is 85.3. The third-order valence-corrected chi connectivity index (χ3v) is 3.52. The molecule has 1 rings (SSSR count). The average molecular weight is 325 g/mol. The Hall–Kier alpha value is -1.00. The molecule has 19 heavy (non-hydrogen) atoms. The van der Waals surface area contributed by atoms with Gasteiger partial charge in [-0.05, 0) is 5.56 Å². The zero-order chi connectivity index (χ0) is 15.0. The van der Waals surface area contributed by atoms with Crippen LogP contribution < -0.4 is 5.73 Å². The molecule has 0 saturated heterocycles. The number of alkyl halides is 5. The van der Waals surface area contributed by atoms with Crippen molar-refractivity contribution in [2.45, 2.75) is 24.0 Å². The minimum atomic E-state index is -5.16. The summed E-state index contributed by atoms with van der Waals surface area (Å²) in [4.78, 5) is 1.76. The van der Waals surface area contributed by atoms with Gasteiger partial charge in [-0.3, -0.25) is 0 Å². The van der Waals surface area contributed by atoms with Crippen LogP contribution in [0.3, 0.4) is 0 Å². The number of nitrogens with two attached hydrogens (primary N) is 1. The van der Waals surface area contributed by atoms with Crippen molar-refractivity contribution in [2.75, 3.05) is 0 Å². The zero-order valence-electron chi connectivity index (χ0n) is 8.88. The summed E-state index contributed by atoms with van der Waals surface area (Å²) in [5.41, 5.74) is 0.696. The second-order valence-electron chi connectivity index (χ2n) is 3.30. The van der Waals surface area contributed by atoms with Crippen molar-refractivity contribution >= 4 is 19.7 Å². The topological polar surface area (TPSA) is 73.1 Å². The van der Waals surface area contributed by atoms with Gasteiger partial charge in [0.1, 0.15) is 4.90 Å². The lowest BCUT2D eigenvalue weighted by Crippen LogP contribution is -2.18. The van der Waals surface area contributed by atoms with Crippen molar-refractivity contribution < 1.29 is 30.4 Å². The molecule has 0 spiro atoms. The lowest BCUT2D eigenvalue weighted by atomic mass is 10.1. The number of nitrogens with zero attached hydrogens (tertiary/aromatic N) is 1. The quantitative estimate of drug-likeness (QED) is 0.684. The summed E-state index contributed by atoms with van der Waals surface area (Å²) in [7, 11) is 0.401. The van der Waals surface area contributed by atoms with E-state index in [1.807, 2.05) is 0 Å². The van der Waals surface area contributed by atoms with Gasteiger partial charge in [-0.15, -0.1) is 0 Å². The van der Waals surface area contributed by atoms with Crippen LogP contribution in [0.4, 0.5) is 22.0 Å². The Kier molecular flexibility index (Phi) is 4.37. The highest BCUT2D eigenvalue weighted by molar-refractivity contribution is 8.13. The number of hydrogen-bond acceptors (Lipinski definition) is 4. The van der Waals surface area contributed by atoms with Crippen molar-refractivity contribution in [3.05, 3.63) is 23.0 Å². The molecule has 0 amide bonds. The molecule has 0 fully saturated rings. The molecule has 11 heteroatoms. The highest BCUT2D eigenvalue weighted by Gasteiger charge is 2.40. The van der Waals surface area contributed by atoms with E-state index in [1.165, 1.54) is 0 Å². The van der Waals surface area contributed by atoms with Gasteiger partial charge in [0.05, 0.1) is 5.56 Å². The zero-order valence-corrected chi connectivity index (χ0v) is 10.5. The number of halogens is 6. The van der Waals surface area contributed by atoms with E-state index in [9.17, 15) is 30.4 Å². The van der Waals surface area contributed by atoms with Crippen molar-refractivity contribution in [3.8, 4) is 0 Å². The Morgan fingerprint density at radius 2 is 1.89 bits per heavy atom. The minimum Gasteiger partial charge on any atom is -0.326 e. The first-order chi connectivity index (χ1) is 8.50. The Morgan fingerprint density at radius 1 is 1.37 bits per heavy atom. The van der Waals surface area contributed by atoms with E-state index in [2.05, 4.69) is 4.98 Å². The SMILES string of the molecule is NCc1c(S(=O)(=O)Cl)cnc(C(F)(F)F)c1C(F)F. The summed E-state index contributed by atoms with van der Waals surface area (Å²) in [6.07, 6.45) is -8.50. The predicted molar refractivity (Wildman–Crippen MR) is 55.1 cm³/mol. The third kappa shape index (κ3) is 3.31. The normalized spacial score (nSPS) is 13.1. The van der Waals surface area contributed by atoms with Crippen LogP contribution in [0.25, 0.3) is 0 Å². The second-order valence-corrected chi connectivity index (χ2v) is 5.84. The minimum absolute atomic E-state index is 0.263. The summed E-state index contributed by atoms with van der Waals surface area (Å²) in [6, 6.07) is 0. The van der Waals surface area contributed by atoms with Gasteiger partial charge >= 0.3 is 6.18 Å². The van der Waals surface area contributed by atoms with Gasteiger partial charge in [-0.2, -0.15) is 13.2 Å². The number of hydrogen-bond donors (Lipinski definition) is 1. The van der Waals surface area contributed by atoms with Crippen LogP contribution in [0.2, 0.25) is 0 Å². The number of aromatic nitrogens is 1. The van der Waals surface area contributed by atoms with Gasteiger partial charge in [-0.1, -0.05) is 0 Å². The molecule has 0 aromatic carbocycles. The third-order valence-electron chi connectivity index (χ3n) is 2.14. The van der Waals surface area contributed by atoms with E-state index >= 15 is 0 Å². The van der Waals surface area contributed by atoms with Gasteiger partial charge in [0.2, 0.25) is 0 Å². The summed E-state index contributed by atoms with van der Waals surface area (Å²) in [6.45, 7) is -0.855. The maximum atomic E-state index is 12.7. The molecule has 4 nitrogen and oxygen atoms in total. The maximum absolute atomic E-state index is 12.7. The van der Waals surface area contributed by atoms with Crippen LogP contribution >= 0.6 is 10.7 Å². The molecular formula is C8H6ClF5N2O2S. The molecule has 108 valence electrons. The smallest absolute Gasteiger partial charge is 0.326 e. The number of pyridine rings is 1. The highest BCUT2D eigenvalue weighted by atomic mass is 35.7. The molecule has 0 bridgehead atoms. The molecule has 1 aromatic rings. The van der Waals surface area contributed by atoms with Crippen LogP contribution in [0.15, 0.2) is 11.1 Å². The largest absolute Gasteiger partial charge is 0.433 e. The monoisotopic (exact) mass is 324 g/mol. The predicted octanol–water partition coefficient (Wildman–Crippen LogP) is 2.42. The van der Waals surface area contributed by atoms with Gasteiger partial charge in [0.15, 0.2) is 5.69 Å². The molecule has 0 unspecified atom stereocenters. The van der Waals surface area contributed by atoms with E-state index in [4.69, 9.17) is 16.4 Å². The molecule has 1 aromatic heterocycles. The van der Waals surface area contributed by atoms with Gasteiger partial charge in [0, 0.05) is 23.4 Å². The fourth-order valence-electron chi connectivity index (χ4n) is 1.43. The summed E-state index contributed by atoms with van der Waals surface area (Å²) in [5, 5.41) is 0. The lowest BCUT2D eigenvalue weighted by Gasteiger charge is -2.16. The van der Waals surface area contributed by atoms with E-state index in [1.54, 1.807) is 0 Å². The lowest BCUT2D eigenvalue weighted by molar-refractivity contribution is -0.143. The molecule has 1 heterocycles. The standard InChI is InChI=1S/C8H6ClF5N2O2S/c9-19(17,18)4-2-16-6(8(12,13)14)5(7(10)11)3(4)1-15/h2,7H,1,15H2.